The number of rotatable bonds is 6. The predicted molar refractivity (Wildman–Crippen MR) is 61.4 cm³/mol. The van der Waals surface area contributed by atoms with Gasteiger partial charge in [0.25, 0.3) is 0 Å². The van der Waals surface area contributed by atoms with Crippen LogP contribution in [0.25, 0.3) is 0 Å². The largest absolute Gasteiger partial charge is 0.416 e. The van der Waals surface area contributed by atoms with E-state index in [1.165, 1.54) is 0 Å². The Bertz CT molecular complexity index is 481. The number of halogens is 3. The maximum atomic E-state index is 12.7. The summed E-state index contributed by atoms with van der Waals surface area (Å²) in [6.07, 6.45) is -5.02. The van der Waals surface area contributed by atoms with Crippen molar-refractivity contribution in [3.05, 3.63) is 55.1 Å². The molecular weight excluding hydrogens is 281 g/mol. The highest BCUT2D eigenvalue weighted by Gasteiger charge is 2.31. The molecule has 0 fully saturated rings. The van der Waals surface area contributed by atoms with Gasteiger partial charge in [0.1, 0.15) is 0 Å². The maximum absolute atomic E-state index is 12.7. The van der Waals surface area contributed by atoms with E-state index in [9.17, 15) is 33.4 Å². The predicted octanol–water partition coefficient (Wildman–Crippen LogP) is 2.14. The van der Waals surface area contributed by atoms with Crippen LogP contribution in [-0.2, 0) is 19.0 Å². The van der Waals surface area contributed by atoms with Crippen LogP contribution in [-0.4, -0.2) is 22.9 Å². The van der Waals surface area contributed by atoms with Gasteiger partial charge in [-0.2, -0.15) is 13.2 Å². The van der Waals surface area contributed by atoms with Gasteiger partial charge in [0.15, 0.2) is 0 Å². The van der Waals surface area contributed by atoms with Crippen molar-refractivity contribution in [2.45, 2.75) is 19.0 Å². The van der Waals surface area contributed by atoms with Crippen LogP contribution in [0.15, 0.2) is 12.1 Å². The van der Waals surface area contributed by atoms with Crippen LogP contribution in [0.4, 0.5) is 13.2 Å². The second kappa shape index (κ2) is 6.31. The molecule has 0 spiro atoms. The van der Waals surface area contributed by atoms with E-state index in [-0.39, 0.29) is 24.0 Å². The van der Waals surface area contributed by atoms with Crippen molar-refractivity contribution in [3.63, 3.8) is 0 Å². The van der Waals surface area contributed by atoms with Crippen LogP contribution in [0.5, 0.6) is 0 Å². The fourth-order valence-corrected chi connectivity index (χ4v) is 1.55. The molecule has 0 atom stereocenters. The first-order valence-corrected chi connectivity index (χ1v) is 5.54. The van der Waals surface area contributed by atoms with E-state index in [1.54, 1.807) is 0 Å². The number of nitrogens with zero attached hydrogens (tertiary/aromatic N) is 2. The highest BCUT2D eigenvalue weighted by atomic mass is 19.4. The number of hydrogen-bond donors (Lipinski definition) is 0. The van der Waals surface area contributed by atoms with Crippen molar-refractivity contribution in [2.75, 3.05) is 13.1 Å². The number of benzene rings is 1. The lowest BCUT2D eigenvalue weighted by Crippen LogP contribution is -2.11. The molecule has 0 amide bonds. The zero-order chi connectivity index (χ0) is 15.3. The van der Waals surface area contributed by atoms with Gasteiger partial charge in [-0.3, -0.25) is 20.2 Å². The third-order valence-corrected chi connectivity index (χ3v) is 2.44. The first-order chi connectivity index (χ1) is 9.18. The average Bonchev–Trinajstić information content (AvgIpc) is 2.32. The van der Waals surface area contributed by atoms with Crippen molar-refractivity contribution in [1.29, 1.82) is 0 Å². The summed E-state index contributed by atoms with van der Waals surface area (Å²) in [6.45, 7) is -1.04. The summed E-state index contributed by atoms with van der Waals surface area (Å²) in [5.74, 6) is 0. The van der Waals surface area contributed by atoms with Gasteiger partial charge in [-0.1, -0.05) is 0 Å². The molecule has 0 aliphatic rings. The summed E-state index contributed by atoms with van der Waals surface area (Å²) < 4.78 is 38.0. The molecule has 1 radical (unpaired) electrons. The molecule has 0 bridgehead atoms. The summed E-state index contributed by atoms with van der Waals surface area (Å²) in [6, 6.07) is 4.11. The quantitative estimate of drug-likeness (QED) is 0.593. The third-order valence-electron chi connectivity index (χ3n) is 2.44. The average molecular weight is 291 g/mol. The Labute approximate surface area is 111 Å². The Morgan fingerprint density at radius 3 is 1.70 bits per heavy atom. The summed E-state index contributed by atoms with van der Waals surface area (Å²) in [5, 5.41) is 20.5. The Morgan fingerprint density at radius 1 is 1.00 bits per heavy atom. The van der Waals surface area contributed by atoms with Crippen LogP contribution in [0.1, 0.15) is 16.7 Å². The molecule has 1 rings (SSSR count). The Hall–Kier alpha value is -2.19. The van der Waals surface area contributed by atoms with E-state index < -0.39 is 34.7 Å². The Balaban J connectivity index is 3.01. The molecule has 9 heteroatoms. The van der Waals surface area contributed by atoms with Crippen LogP contribution < -0.4 is 0 Å². The number of alkyl halides is 3. The van der Waals surface area contributed by atoms with Crippen molar-refractivity contribution in [3.8, 4) is 0 Å². The van der Waals surface area contributed by atoms with Crippen LogP contribution >= 0.6 is 0 Å². The van der Waals surface area contributed by atoms with E-state index >= 15 is 0 Å². The van der Waals surface area contributed by atoms with Gasteiger partial charge in [0, 0.05) is 22.7 Å². The number of nitro groups is 2. The Morgan fingerprint density at radius 2 is 1.40 bits per heavy atom. The van der Waals surface area contributed by atoms with Gasteiger partial charge in [-0.05, 0) is 29.3 Å². The number of hydrogen-bond acceptors (Lipinski definition) is 4. The molecule has 0 aliphatic heterocycles. The molecule has 0 aromatic heterocycles. The van der Waals surface area contributed by atoms with E-state index in [4.69, 9.17) is 0 Å². The molecule has 0 saturated heterocycles. The fourth-order valence-electron chi connectivity index (χ4n) is 1.55. The fraction of sp³-hybridized carbons (Fsp3) is 0.455. The summed E-state index contributed by atoms with van der Waals surface area (Å²) >= 11 is 0. The maximum Gasteiger partial charge on any atom is 0.416 e. The third kappa shape index (κ3) is 5.21. The first-order valence-electron chi connectivity index (χ1n) is 5.54. The summed E-state index contributed by atoms with van der Waals surface area (Å²) in [5.41, 5.74) is -0.933. The van der Waals surface area contributed by atoms with Gasteiger partial charge in [-0.15, -0.1) is 0 Å². The van der Waals surface area contributed by atoms with E-state index in [0.717, 1.165) is 12.1 Å². The molecule has 1 aromatic carbocycles. The highest BCUT2D eigenvalue weighted by Crippen LogP contribution is 2.30. The highest BCUT2D eigenvalue weighted by molar-refractivity contribution is 5.31. The normalized spacial score (nSPS) is 11.3. The SMILES string of the molecule is O=[N+]([O-])CCc1[c]c(CC[N+](=O)[O-])cc(C(F)(F)F)c1. The lowest BCUT2D eigenvalue weighted by Gasteiger charge is -2.10. The van der Waals surface area contributed by atoms with Gasteiger partial charge in [0.2, 0.25) is 13.1 Å². The van der Waals surface area contributed by atoms with Gasteiger partial charge in [-0.25, -0.2) is 0 Å². The van der Waals surface area contributed by atoms with Crippen molar-refractivity contribution < 1.29 is 23.0 Å². The molecule has 0 aliphatic carbocycles. The molecule has 6 nitrogen and oxygen atoms in total. The molecule has 109 valence electrons. The minimum atomic E-state index is -4.61. The molecule has 0 unspecified atom stereocenters. The van der Waals surface area contributed by atoms with E-state index in [1.807, 2.05) is 0 Å². The zero-order valence-electron chi connectivity index (χ0n) is 10.1. The first kappa shape index (κ1) is 15.9. The van der Waals surface area contributed by atoms with Crippen LogP contribution in [0, 0.1) is 26.3 Å². The molecule has 0 N–H and O–H groups in total. The second-order valence-electron chi connectivity index (χ2n) is 4.03. The van der Waals surface area contributed by atoms with Gasteiger partial charge in [0.05, 0.1) is 5.56 Å². The topological polar surface area (TPSA) is 86.3 Å². The molecule has 20 heavy (non-hydrogen) atoms. The van der Waals surface area contributed by atoms with Gasteiger partial charge >= 0.3 is 6.18 Å². The molecule has 0 heterocycles. The molecular formula is C11H10F3N2O4. The van der Waals surface area contributed by atoms with E-state index in [2.05, 4.69) is 6.07 Å². The summed E-state index contributed by atoms with van der Waals surface area (Å²) in [7, 11) is 0. The minimum absolute atomic E-state index is 0.0230. The second-order valence-corrected chi connectivity index (χ2v) is 4.03. The lowest BCUT2D eigenvalue weighted by atomic mass is 10.0. The lowest BCUT2D eigenvalue weighted by molar-refractivity contribution is -0.479. The Kier molecular flexibility index (Phi) is 5.00. The van der Waals surface area contributed by atoms with Crippen LogP contribution in [0.2, 0.25) is 0 Å². The van der Waals surface area contributed by atoms with E-state index in [0.29, 0.717) is 0 Å². The van der Waals surface area contributed by atoms with Crippen LogP contribution in [0.3, 0.4) is 0 Å². The standard InChI is InChI=1S/C11H10F3N2O4/c12-11(13,14)10-6-8(1-3-15(17)18)5-9(7-10)2-4-16(19)20/h6-7H,1-4H2. The zero-order valence-corrected chi connectivity index (χ0v) is 10.1. The smallest absolute Gasteiger partial charge is 0.265 e. The van der Waals surface area contributed by atoms with Crippen molar-refractivity contribution >= 4 is 0 Å². The summed E-state index contributed by atoms with van der Waals surface area (Å²) in [4.78, 5) is 19.2. The molecule has 0 saturated carbocycles. The molecule has 1 aromatic rings. The van der Waals surface area contributed by atoms with Crippen molar-refractivity contribution in [2.24, 2.45) is 0 Å². The monoisotopic (exact) mass is 291 g/mol. The van der Waals surface area contributed by atoms with Crippen molar-refractivity contribution in [1.82, 2.24) is 0 Å². The minimum Gasteiger partial charge on any atom is -0.265 e. The van der Waals surface area contributed by atoms with Gasteiger partial charge < -0.3 is 0 Å².